The van der Waals surface area contributed by atoms with Gasteiger partial charge in [-0.2, -0.15) is 11.8 Å². The number of hydrogen-bond acceptors (Lipinski definition) is 5. The molecule has 8 heteroatoms. The molecular weight excluding hydrogens is 314 g/mol. The van der Waals surface area contributed by atoms with Gasteiger partial charge in [-0.15, -0.1) is 0 Å². The van der Waals surface area contributed by atoms with Crippen molar-refractivity contribution in [3.63, 3.8) is 0 Å². The minimum absolute atomic E-state index is 0.00534. The zero-order valence-corrected chi connectivity index (χ0v) is 13.7. The Hall–Kier alpha value is -1.34. The van der Waals surface area contributed by atoms with E-state index in [1.165, 1.54) is 18.0 Å². The third-order valence-corrected chi connectivity index (χ3v) is 3.63. The number of thioether (sulfide) groups is 1. The molecule has 0 aromatic carbocycles. The van der Waals surface area contributed by atoms with E-state index < -0.39 is 17.9 Å². The summed E-state index contributed by atoms with van der Waals surface area (Å²) in [6, 6.07) is -0.960. The average molecular weight is 332 g/mol. The summed E-state index contributed by atoms with van der Waals surface area (Å²) in [5.74, 6) is -0.517. The molecule has 0 radical (unpaired) electrons. The summed E-state index contributed by atoms with van der Waals surface area (Å²) in [6.45, 7) is 3.78. The SMILES string of the molecule is CSCCC(NC(=O)c1nc(C(C)C)ncc1Cl)C(=O)O. The van der Waals surface area contributed by atoms with Gasteiger partial charge in [-0.05, 0) is 18.4 Å². The largest absolute Gasteiger partial charge is 0.480 e. The zero-order valence-electron chi connectivity index (χ0n) is 12.1. The van der Waals surface area contributed by atoms with Gasteiger partial charge in [0.1, 0.15) is 17.6 Å². The van der Waals surface area contributed by atoms with Crippen LogP contribution in [0.25, 0.3) is 0 Å². The summed E-state index contributed by atoms with van der Waals surface area (Å²) in [6.07, 6.45) is 3.56. The molecule has 6 nitrogen and oxygen atoms in total. The summed E-state index contributed by atoms with van der Waals surface area (Å²) in [4.78, 5) is 31.5. The number of carboxylic acids is 1. The van der Waals surface area contributed by atoms with Crippen LogP contribution >= 0.6 is 23.4 Å². The number of carboxylic acid groups (broad SMARTS) is 1. The van der Waals surface area contributed by atoms with E-state index in [0.717, 1.165) is 0 Å². The number of amides is 1. The second-order valence-corrected chi connectivity index (χ2v) is 6.12. The lowest BCUT2D eigenvalue weighted by Crippen LogP contribution is -2.41. The Morgan fingerprint density at radius 1 is 1.48 bits per heavy atom. The summed E-state index contributed by atoms with van der Waals surface area (Å²) in [5.41, 5.74) is 0.00534. The monoisotopic (exact) mass is 331 g/mol. The third kappa shape index (κ3) is 5.17. The highest BCUT2D eigenvalue weighted by Crippen LogP contribution is 2.16. The number of halogens is 1. The lowest BCUT2D eigenvalue weighted by Gasteiger charge is -2.14. The third-order valence-electron chi connectivity index (χ3n) is 2.71. The van der Waals surface area contributed by atoms with Gasteiger partial charge < -0.3 is 10.4 Å². The second-order valence-electron chi connectivity index (χ2n) is 4.73. The summed E-state index contributed by atoms with van der Waals surface area (Å²) in [5, 5.41) is 11.7. The lowest BCUT2D eigenvalue weighted by molar-refractivity contribution is -0.139. The van der Waals surface area contributed by atoms with Crippen LogP contribution in [0.3, 0.4) is 0 Å². The van der Waals surface area contributed by atoms with Crippen molar-refractivity contribution in [2.75, 3.05) is 12.0 Å². The van der Waals surface area contributed by atoms with E-state index in [4.69, 9.17) is 16.7 Å². The number of rotatable bonds is 7. The fourth-order valence-corrected chi connectivity index (χ4v) is 2.19. The Morgan fingerprint density at radius 3 is 2.67 bits per heavy atom. The van der Waals surface area contributed by atoms with E-state index >= 15 is 0 Å². The molecule has 116 valence electrons. The van der Waals surface area contributed by atoms with Gasteiger partial charge in [0.05, 0.1) is 11.2 Å². The van der Waals surface area contributed by atoms with Gasteiger partial charge in [-0.3, -0.25) is 4.79 Å². The number of nitrogens with one attached hydrogen (secondary N) is 1. The van der Waals surface area contributed by atoms with Gasteiger partial charge in [0.2, 0.25) is 0 Å². The molecule has 0 spiro atoms. The van der Waals surface area contributed by atoms with Crippen molar-refractivity contribution >= 4 is 35.2 Å². The van der Waals surface area contributed by atoms with Crippen LogP contribution < -0.4 is 5.32 Å². The first kappa shape index (κ1) is 17.7. The predicted molar refractivity (Wildman–Crippen MR) is 83.0 cm³/mol. The number of hydrogen-bond donors (Lipinski definition) is 2. The Kier molecular flexibility index (Phi) is 6.91. The summed E-state index contributed by atoms with van der Waals surface area (Å²) >= 11 is 7.44. The van der Waals surface area contributed by atoms with Gasteiger partial charge >= 0.3 is 5.97 Å². The predicted octanol–water partition coefficient (Wildman–Crippen LogP) is 2.19. The molecule has 0 aliphatic rings. The Balaban J connectivity index is 2.91. The smallest absolute Gasteiger partial charge is 0.326 e. The van der Waals surface area contributed by atoms with E-state index in [2.05, 4.69) is 15.3 Å². The molecule has 0 bridgehead atoms. The normalized spacial score (nSPS) is 12.2. The molecule has 1 aromatic rings. The molecule has 0 aliphatic carbocycles. The molecule has 0 saturated carbocycles. The van der Waals surface area contributed by atoms with Gasteiger partial charge in [-0.25, -0.2) is 14.8 Å². The Morgan fingerprint density at radius 2 is 2.14 bits per heavy atom. The van der Waals surface area contributed by atoms with Gasteiger partial charge in [0.25, 0.3) is 5.91 Å². The van der Waals surface area contributed by atoms with Crippen molar-refractivity contribution < 1.29 is 14.7 Å². The molecular formula is C13H18ClN3O3S. The number of aliphatic carboxylic acids is 1. The first-order valence-electron chi connectivity index (χ1n) is 6.41. The van der Waals surface area contributed by atoms with Crippen LogP contribution in [0, 0.1) is 0 Å². The van der Waals surface area contributed by atoms with E-state index in [1.54, 1.807) is 0 Å². The maximum Gasteiger partial charge on any atom is 0.326 e. The van der Waals surface area contributed by atoms with E-state index in [1.807, 2.05) is 20.1 Å². The lowest BCUT2D eigenvalue weighted by atomic mass is 10.2. The highest BCUT2D eigenvalue weighted by Gasteiger charge is 2.23. The van der Waals surface area contributed by atoms with E-state index in [-0.39, 0.29) is 16.6 Å². The molecule has 1 unspecified atom stereocenters. The number of carbonyl (C=O) groups excluding carboxylic acids is 1. The zero-order chi connectivity index (χ0) is 16.0. The van der Waals surface area contributed by atoms with Gasteiger partial charge in [0.15, 0.2) is 0 Å². The molecule has 21 heavy (non-hydrogen) atoms. The van der Waals surface area contributed by atoms with Crippen molar-refractivity contribution in [3.05, 3.63) is 22.7 Å². The minimum atomic E-state index is -1.08. The minimum Gasteiger partial charge on any atom is -0.480 e. The number of carbonyl (C=O) groups is 2. The van der Waals surface area contributed by atoms with Crippen molar-refractivity contribution in [2.24, 2.45) is 0 Å². The molecule has 1 amide bonds. The molecule has 1 rings (SSSR count). The highest BCUT2D eigenvalue weighted by molar-refractivity contribution is 7.98. The van der Waals surface area contributed by atoms with Crippen LogP contribution in [0.5, 0.6) is 0 Å². The average Bonchev–Trinajstić information content (AvgIpc) is 2.42. The van der Waals surface area contributed by atoms with Crippen LogP contribution in [-0.4, -0.2) is 45.0 Å². The Bertz CT molecular complexity index is 525. The summed E-state index contributed by atoms with van der Waals surface area (Å²) in [7, 11) is 0. The van der Waals surface area contributed by atoms with Crippen molar-refractivity contribution in [1.82, 2.24) is 15.3 Å². The van der Waals surface area contributed by atoms with Crippen LogP contribution in [-0.2, 0) is 4.79 Å². The summed E-state index contributed by atoms with van der Waals surface area (Å²) < 4.78 is 0. The maximum atomic E-state index is 12.2. The van der Waals surface area contributed by atoms with Crippen LogP contribution in [0.1, 0.15) is 42.5 Å². The van der Waals surface area contributed by atoms with E-state index in [0.29, 0.717) is 18.0 Å². The van der Waals surface area contributed by atoms with Crippen molar-refractivity contribution in [3.8, 4) is 0 Å². The van der Waals surface area contributed by atoms with Crippen molar-refractivity contribution in [2.45, 2.75) is 32.2 Å². The van der Waals surface area contributed by atoms with E-state index in [9.17, 15) is 9.59 Å². The maximum absolute atomic E-state index is 12.2. The molecule has 2 N–H and O–H groups in total. The standard InChI is InChI=1S/C13H18ClN3O3S/c1-7(2)11-15-6-8(14)10(17-11)12(18)16-9(13(19)20)4-5-21-3/h6-7,9H,4-5H2,1-3H3,(H,16,18)(H,19,20). The molecule has 1 atom stereocenters. The fourth-order valence-electron chi connectivity index (χ4n) is 1.54. The van der Waals surface area contributed by atoms with Crippen LogP contribution in [0.4, 0.5) is 0 Å². The molecule has 1 heterocycles. The fraction of sp³-hybridized carbons (Fsp3) is 0.538. The number of nitrogens with zero attached hydrogens (tertiary/aromatic N) is 2. The van der Waals surface area contributed by atoms with Gasteiger partial charge in [0, 0.05) is 5.92 Å². The first-order chi connectivity index (χ1) is 9.86. The quantitative estimate of drug-likeness (QED) is 0.795. The second kappa shape index (κ2) is 8.19. The molecule has 0 fully saturated rings. The first-order valence-corrected chi connectivity index (χ1v) is 8.19. The Labute approximate surface area is 132 Å². The topological polar surface area (TPSA) is 92.2 Å². The number of aromatic nitrogens is 2. The van der Waals surface area contributed by atoms with Gasteiger partial charge in [-0.1, -0.05) is 25.4 Å². The molecule has 0 saturated heterocycles. The highest BCUT2D eigenvalue weighted by atomic mass is 35.5. The van der Waals surface area contributed by atoms with Crippen LogP contribution in [0.15, 0.2) is 6.20 Å². The molecule has 0 aliphatic heterocycles. The van der Waals surface area contributed by atoms with Crippen molar-refractivity contribution in [1.29, 1.82) is 0 Å². The van der Waals surface area contributed by atoms with Crippen LogP contribution in [0.2, 0.25) is 5.02 Å². The molecule has 1 aromatic heterocycles.